The number of esters is 1. The summed E-state index contributed by atoms with van der Waals surface area (Å²) in [5.41, 5.74) is 0.533. The minimum atomic E-state index is -1.21. The number of hydrogen-bond acceptors (Lipinski definition) is 5. The number of amides is 2. The molecule has 0 saturated heterocycles. The Balaban J connectivity index is 2.39. The minimum Gasteiger partial charge on any atom is -0.467 e. The molecule has 1 aromatic rings. The molecule has 1 aromatic carbocycles. The van der Waals surface area contributed by atoms with Gasteiger partial charge in [-0.25, -0.2) is 4.79 Å². The average molecular weight is 331 g/mol. The lowest BCUT2D eigenvalue weighted by Crippen LogP contribution is -2.52. The summed E-state index contributed by atoms with van der Waals surface area (Å²) in [6.07, 6.45) is 0.565. The van der Waals surface area contributed by atoms with Crippen LogP contribution in [-0.4, -0.2) is 48.5 Å². The molecule has 2 amide bonds. The van der Waals surface area contributed by atoms with E-state index in [1.54, 1.807) is 24.3 Å². The molecule has 0 radical (unpaired) electrons. The minimum absolute atomic E-state index is 0.216. The number of carbonyl (C=O) groups is 3. The normalized spacial score (nSPS) is 16.1. The van der Waals surface area contributed by atoms with Gasteiger partial charge >= 0.3 is 5.97 Å². The van der Waals surface area contributed by atoms with Crippen LogP contribution in [0.5, 0.6) is 0 Å². The van der Waals surface area contributed by atoms with Gasteiger partial charge < -0.3 is 9.47 Å². The van der Waals surface area contributed by atoms with Gasteiger partial charge in [0.1, 0.15) is 6.10 Å². The summed E-state index contributed by atoms with van der Waals surface area (Å²) in [6.45, 7) is 7.93. The van der Waals surface area contributed by atoms with Crippen molar-refractivity contribution in [1.82, 2.24) is 4.90 Å². The average Bonchev–Trinajstić information content (AvgIpc) is 2.82. The van der Waals surface area contributed by atoms with Crippen LogP contribution in [-0.2, 0) is 14.3 Å². The summed E-state index contributed by atoms with van der Waals surface area (Å²) >= 11 is 0. The molecule has 6 heteroatoms. The van der Waals surface area contributed by atoms with Crippen molar-refractivity contribution in [2.24, 2.45) is 5.92 Å². The third-order valence-electron chi connectivity index (χ3n) is 3.71. The van der Waals surface area contributed by atoms with Crippen LogP contribution >= 0.6 is 0 Å². The smallest absolute Gasteiger partial charge is 0.332 e. The number of hydrogen-bond donors (Lipinski definition) is 0. The Morgan fingerprint density at radius 2 is 1.75 bits per heavy atom. The van der Waals surface area contributed by atoms with Gasteiger partial charge in [0.05, 0.1) is 18.2 Å². The van der Waals surface area contributed by atoms with Crippen molar-refractivity contribution in [2.45, 2.75) is 26.0 Å². The Labute approximate surface area is 141 Å². The third kappa shape index (κ3) is 3.23. The Kier molecular flexibility index (Phi) is 5.51. The van der Waals surface area contributed by atoms with Crippen LogP contribution in [0.1, 0.15) is 34.6 Å². The number of benzene rings is 1. The van der Waals surface area contributed by atoms with E-state index in [-0.39, 0.29) is 17.0 Å². The van der Waals surface area contributed by atoms with Gasteiger partial charge in [-0.3, -0.25) is 14.5 Å². The molecular formula is C18H21NO5. The maximum Gasteiger partial charge on any atom is 0.332 e. The lowest BCUT2D eigenvalue weighted by atomic mass is 10.1. The maximum absolute atomic E-state index is 12.6. The summed E-state index contributed by atoms with van der Waals surface area (Å²) in [7, 11) is 1.20. The molecule has 1 aliphatic heterocycles. The van der Waals surface area contributed by atoms with Crippen molar-refractivity contribution in [3.8, 4) is 0 Å². The largest absolute Gasteiger partial charge is 0.467 e. The highest BCUT2D eigenvalue weighted by molar-refractivity contribution is 6.22. The topological polar surface area (TPSA) is 72.9 Å². The molecule has 2 atom stereocenters. The molecule has 0 fully saturated rings. The molecule has 6 nitrogen and oxygen atoms in total. The fourth-order valence-corrected chi connectivity index (χ4v) is 2.56. The molecule has 0 aromatic heterocycles. The Bertz CT molecular complexity index is 632. The third-order valence-corrected chi connectivity index (χ3v) is 3.71. The second kappa shape index (κ2) is 7.40. The highest BCUT2D eigenvalue weighted by Gasteiger charge is 2.46. The lowest BCUT2D eigenvalue weighted by Gasteiger charge is -2.29. The van der Waals surface area contributed by atoms with E-state index in [0.29, 0.717) is 6.61 Å². The molecule has 2 rings (SSSR count). The van der Waals surface area contributed by atoms with E-state index in [1.165, 1.54) is 13.2 Å². The lowest BCUT2D eigenvalue weighted by molar-refractivity contribution is -0.149. The zero-order valence-corrected chi connectivity index (χ0v) is 14.0. The van der Waals surface area contributed by atoms with Crippen LogP contribution in [0.2, 0.25) is 0 Å². The molecule has 0 bridgehead atoms. The van der Waals surface area contributed by atoms with Gasteiger partial charge in [-0.1, -0.05) is 32.1 Å². The molecular weight excluding hydrogens is 310 g/mol. The molecule has 128 valence electrons. The summed E-state index contributed by atoms with van der Waals surface area (Å²) < 4.78 is 10.5. The first kappa shape index (κ1) is 17.9. The van der Waals surface area contributed by atoms with Crippen LogP contribution in [0, 0.1) is 5.92 Å². The van der Waals surface area contributed by atoms with E-state index in [4.69, 9.17) is 9.47 Å². The number of imide groups is 1. The highest BCUT2D eigenvalue weighted by Crippen LogP contribution is 2.27. The monoisotopic (exact) mass is 331 g/mol. The van der Waals surface area contributed by atoms with E-state index in [9.17, 15) is 14.4 Å². The number of rotatable bonds is 7. The van der Waals surface area contributed by atoms with Gasteiger partial charge in [0, 0.05) is 6.61 Å². The molecule has 0 saturated carbocycles. The summed E-state index contributed by atoms with van der Waals surface area (Å²) in [6, 6.07) is 5.24. The summed E-state index contributed by atoms with van der Waals surface area (Å²) in [5, 5.41) is 0. The number of methoxy groups -OCH3 is 1. The predicted molar refractivity (Wildman–Crippen MR) is 87.5 cm³/mol. The Morgan fingerprint density at radius 3 is 2.17 bits per heavy atom. The van der Waals surface area contributed by atoms with E-state index in [1.807, 2.05) is 13.8 Å². The first-order chi connectivity index (χ1) is 11.4. The van der Waals surface area contributed by atoms with Crippen molar-refractivity contribution in [2.75, 3.05) is 13.7 Å². The van der Waals surface area contributed by atoms with Gasteiger partial charge in [-0.15, -0.1) is 6.58 Å². The van der Waals surface area contributed by atoms with Gasteiger partial charge in [-0.2, -0.15) is 0 Å². The van der Waals surface area contributed by atoms with Gasteiger partial charge in [0.25, 0.3) is 11.8 Å². The van der Waals surface area contributed by atoms with Crippen LogP contribution in [0.4, 0.5) is 0 Å². The molecule has 1 heterocycles. The SMILES string of the molecule is C=C[C@H](OCC(C)C)[C@H](C(=O)OC)N1C(=O)c2ccccc2C1=O. The van der Waals surface area contributed by atoms with Crippen LogP contribution in [0.25, 0.3) is 0 Å². The van der Waals surface area contributed by atoms with Crippen LogP contribution in [0.3, 0.4) is 0 Å². The van der Waals surface area contributed by atoms with E-state index in [2.05, 4.69) is 6.58 Å². The van der Waals surface area contributed by atoms with E-state index >= 15 is 0 Å². The zero-order chi connectivity index (χ0) is 17.9. The van der Waals surface area contributed by atoms with E-state index < -0.39 is 29.9 Å². The molecule has 0 aliphatic carbocycles. The quantitative estimate of drug-likeness (QED) is 0.434. The molecule has 0 N–H and O–H groups in total. The van der Waals surface area contributed by atoms with Crippen LogP contribution in [0.15, 0.2) is 36.9 Å². The summed E-state index contributed by atoms with van der Waals surface area (Å²) in [5.74, 6) is -1.58. The van der Waals surface area contributed by atoms with Gasteiger partial charge in [0.2, 0.25) is 0 Å². The van der Waals surface area contributed by atoms with Crippen molar-refractivity contribution < 1.29 is 23.9 Å². The Morgan fingerprint density at radius 1 is 1.21 bits per heavy atom. The summed E-state index contributed by atoms with van der Waals surface area (Å²) in [4.78, 5) is 38.5. The highest BCUT2D eigenvalue weighted by atomic mass is 16.5. The number of carbonyl (C=O) groups excluding carboxylic acids is 3. The second-order valence-corrected chi connectivity index (χ2v) is 5.92. The molecule has 0 unspecified atom stereocenters. The molecule has 24 heavy (non-hydrogen) atoms. The maximum atomic E-state index is 12.6. The zero-order valence-electron chi connectivity index (χ0n) is 14.0. The molecule has 1 aliphatic rings. The predicted octanol–water partition coefficient (Wildman–Crippen LogP) is 2.05. The van der Waals surface area contributed by atoms with Gasteiger partial charge in [-0.05, 0) is 18.1 Å². The first-order valence-corrected chi connectivity index (χ1v) is 7.71. The number of ether oxygens (including phenoxy) is 2. The van der Waals surface area contributed by atoms with Crippen molar-refractivity contribution in [1.29, 1.82) is 0 Å². The Hall–Kier alpha value is -2.47. The van der Waals surface area contributed by atoms with Crippen molar-refractivity contribution >= 4 is 17.8 Å². The molecule has 0 spiro atoms. The van der Waals surface area contributed by atoms with Crippen molar-refractivity contribution in [3.05, 3.63) is 48.0 Å². The number of nitrogens with zero attached hydrogens (tertiary/aromatic N) is 1. The second-order valence-electron chi connectivity index (χ2n) is 5.92. The van der Waals surface area contributed by atoms with Crippen LogP contribution < -0.4 is 0 Å². The fraction of sp³-hybridized carbons (Fsp3) is 0.389. The van der Waals surface area contributed by atoms with E-state index in [0.717, 1.165) is 4.90 Å². The van der Waals surface area contributed by atoms with Crippen molar-refractivity contribution in [3.63, 3.8) is 0 Å². The fourth-order valence-electron chi connectivity index (χ4n) is 2.56. The first-order valence-electron chi connectivity index (χ1n) is 7.71. The standard InChI is InChI=1S/C18H21NO5/c1-5-14(24-10-11(2)3)15(18(22)23-4)19-16(20)12-8-6-7-9-13(12)17(19)21/h5-9,11,14-15H,1,10H2,2-4H3/t14-,15+/m0/s1. The number of fused-ring (bicyclic) bond motifs is 1. The van der Waals surface area contributed by atoms with Gasteiger partial charge in [0.15, 0.2) is 6.04 Å².